The molecule has 0 bridgehead atoms. The van der Waals surface area contributed by atoms with E-state index < -0.39 is 6.10 Å². The van der Waals surface area contributed by atoms with Crippen molar-refractivity contribution in [3.8, 4) is 11.5 Å². The van der Waals surface area contributed by atoms with Gasteiger partial charge in [-0.2, -0.15) is 0 Å². The zero-order chi connectivity index (χ0) is 20.0. The average molecular weight is 370 g/mol. The number of amides is 1. The third kappa shape index (κ3) is 5.03. The van der Waals surface area contributed by atoms with Crippen LogP contribution in [0.4, 0.5) is 0 Å². The number of carbonyl (C=O) groups excluding carboxylic acids is 1. The summed E-state index contributed by atoms with van der Waals surface area (Å²) < 4.78 is 11.4. The van der Waals surface area contributed by atoms with E-state index in [4.69, 9.17) is 9.47 Å². The minimum Gasteiger partial charge on any atom is -0.496 e. The Labute approximate surface area is 162 Å². The second kappa shape index (κ2) is 9.45. The summed E-state index contributed by atoms with van der Waals surface area (Å²) in [6.07, 6.45) is 0.897. The zero-order valence-electron chi connectivity index (χ0n) is 17.3. The highest BCUT2D eigenvalue weighted by Gasteiger charge is 2.23. The smallest absolute Gasteiger partial charge is 0.261 e. The van der Waals surface area contributed by atoms with Crippen molar-refractivity contribution >= 4 is 5.91 Å². The Bertz CT molecular complexity index is 785. The molecule has 0 saturated heterocycles. The predicted molar refractivity (Wildman–Crippen MR) is 110 cm³/mol. The predicted octanol–water partition coefficient (Wildman–Crippen LogP) is 5.05. The lowest BCUT2D eigenvalue weighted by atomic mass is 10.0. The van der Waals surface area contributed by atoms with Gasteiger partial charge in [-0.15, -0.1) is 0 Å². The van der Waals surface area contributed by atoms with Crippen LogP contribution in [-0.4, -0.2) is 19.1 Å². The van der Waals surface area contributed by atoms with Crippen LogP contribution in [0.3, 0.4) is 0 Å². The van der Waals surface area contributed by atoms with Gasteiger partial charge in [0.2, 0.25) is 0 Å². The molecule has 0 saturated carbocycles. The highest BCUT2D eigenvalue weighted by Crippen LogP contribution is 2.25. The molecule has 0 aromatic heterocycles. The van der Waals surface area contributed by atoms with E-state index in [-0.39, 0.29) is 11.9 Å². The van der Waals surface area contributed by atoms with E-state index in [1.807, 2.05) is 58.0 Å². The number of carbonyl (C=O) groups is 1. The fourth-order valence-corrected chi connectivity index (χ4v) is 3.13. The average Bonchev–Trinajstić information content (AvgIpc) is 2.67. The molecular weight excluding hydrogens is 338 g/mol. The van der Waals surface area contributed by atoms with E-state index in [1.54, 1.807) is 7.11 Å². The molecule has 1 amide bonds. The number of hydrogen-bond acceptors (Lipinski definition) is 3. The summed E-state index contributed by atoms with van der Waals surface area (Å²) in [5.74, 6) is 1.54. The Morgan fingerprint density at radius 1 is 1.00 bits per heavy atom. The molecule has 4 nitrogen and oxygen atoms in total. The lowest BCUT2D eigenvalue weighted by molar-refractivity contribution is -0.129. The molecule has 2 aromatic carbocycles. The van der Waals surface area contributed by atoms with Crippen LogP contribution in [0.15, 0.2) is 36.4 Å². The maximum atomic E-state index is 12.9. The van der Waals surface area contributed by atoms with Crippen LogP contribution in [-0.2, 0) is 4.79 Å². The molecular formula is C23H31NO3. The SMILES string of the molecule is CCC(Oc1cccc(C)c1C)C(=O)NC(CC)c1ccc(OC)c(C)c1. The number of rotatable bonds is 8. The molecule has 0 aliphatic rings. The molecule has 0 spiro atoms. The molecule has 2 unspecified atom stereocenters. The van der Waals surface area contributed by atoms with Gasteiger partial charge in [0, 0.05) is 0 Å². The standard InChI is InChI=1S/C23H31NO3/c1-7-19(18-12-13-21(26-6)16(4)14-18)24-23(25)20(8-2)27-22-11-9-10-15(3)17(22)5/h9-14,19-20H,7-8H2,1-6H3,(H,24,25). The van der Waals surface area contributed by atoms with Crippen LogP contribution in [0.1, 0.15) is 55.0 Å². The zero-order valence-corrected chi connectivity index (χ0v) is 17.3. The van der Waals surface area contributed by atoms with Crippen molar-refractivity contribution in [2.45, 2.75) is 59.6 Å². The summed E-state index contributed by atoms with van der Waals surface area (Å²) in [6, 6.07) is 11.9. The molecule has 27 heavy (non-hydrogen) atoms. The fourth-order valence-electron chi connectivity index (χ4n) is 3.13. The fraction of sp³-hybridized carbons (Fsp3) is 0.435. The van der Waals surface area contributed by atoms with Crippen molar-refractivity contribution in [2.75, 3.05) is 7.11 Å². The summed E-state index contributed by atoms with van der Waals surface area (Å²) >= 11 is 0. The molecule has 0 aliphatic carbocycles. The molecule has 0 heterocycles. The highest BCUT2D eigenvalue weighted by molar-refractivity contribution is 5.81. The molecule has 2 rings (SSSR count). The molecule has 1 N–H and O–H groups in total. The lowest BCUT2D eigenvalue weighted by Crippen LogP contribution is -2.40. The van der Waals surface area contributed by atoms with Gasteiger partial charge in [-0.1, -0.05) is 38.1 Å². The summed E-state index contributed by atoms with van der Waals surface area (Å²) in [7, 11) is 1.66. The van der Waals surface area contributed by atoms with Crippen LogP contribution >= 0.6 is 0 Å². The maximum Gasteiger partial charge on any atom is 0.261 e. The number of methoxy groups -OCH3 is 1. The summed E-state index contributed by atoms with van der Waals surface area (Å²) in [5, 5.41) is 3.15. The molecule has 0 fully saturated rings. The van der Waals surface area contributed by atoms with E-state index in [9.17, 15) is 4.79 Å². The number of aryl methyl sites for hydroxylation is 2. The van der Waals surface area contributed by atoms with Gasteiger partial charge in [0.05, 0.1) is 13.2 Å². The first-order chi connectivity index (χ1) is 12.9. The van der Waals surface area contributed by atoms with Gasteiger partial charge in [0.25, 0.3) is 5.91 Å². The Morgan fingerprint density at radius 3 is 2.33 bits per heavy atom. The largest absolute Gasteiger partial charge is 0.496 e. The summed E-state index contributed by atoms with van der Waals surface area (Å²) in [6.45, 7) is 10.1. The first-order valence-corrected chi connectivity index (χ1v) is 9.59. The first-order valence-electron chi connectivity index (χ1n) is 9.59. The van der Waals surface area contributed by atoms with Gasteiger partial charge in [-0.05, 0) is 68.0 Å². The van der Waals surface area contributed by atoms with E-state index in [0.717, 1.165) is 40.2 Å². The first kappa shape index (κ1) is 20.8. The van der Waals surface area contributed by atoms with Crippen LogP contribution in [0, 0.1) is 20.8 Å². The van der Waals surface area contributed by atoms with Crippen molar-refractivity contribution in [2.24, 2.45) is 0 Å². The maximum absolute atomic E-state index is 12.9. The van der Waals surface area contributed by atoms with Gasteiger partial charge in [-0.25, -0.2) is 0 Å². The second-order valence-corrected chi connectivity index (χ2v) is 6.91. The normalized spacial score (nSPS) is 13.0. The third-order valence-corrected chi connectivity index (χ3v) is 5.03. The minimum atomic E-state index is -0.515. The van der Waals surface area contributed by atoms with Crippen molar-refractivity contribution in [1.29, 1.82) is 0 Å². The van der Waals surface area contributed by atoms with Crippen LogP contribution < -0.4 is 14.8 Å². The number of hydrogen-bond donors (Lipinski definition) is 1. The Balaban J connectivity index is 2.14. The highest BCUT2D eigenvalue weighted by atomic mass is 16.5. The Hall–Kier alpha value is -2.49. The number of benzene rings is 2. The third-order valence-electron chi connectivity index (χ3n) is 5.03. The van der Waals surface area contributed by atoms with E-state index >= 15 is 0 Å². The Morgan fingerprint density at radius 2 is 1.74 bits per heavy atom. The summed E-state index contributed by atoms with van der Waals surface area (Å²) in [5.41, 5.74) is 4.36. The van der Waals surface area contributed by atoms with Crippen molar-refractivity contribution in [3.05, 3.63) is 58.7 Å². The molecule has 2 atom stereocenters. The monoisotopic (exact) mass is 369 g/mol. The van der Waals surface area contributed by atoms with Crippen molar-refractivity contribution < 1.29 is 14.3 Å². The molecule has 146 valence electrons. The van der Waals surface area contributed by atoms with E-state index in [1.165, 1.54) is 0 Å². The molecule has 0 aliphatic heterocycles. The van der Waals surface area contributed by atoms with Gasteiger partial charge >= 0.3 is 0 Å². The minimum absolute atomic E-state index is 0.0571. The molecule has 2 aromatic rings. The molecule has 4 heteroatoms. The van der Waals surface area contributed by atoms with E-state index in [0.29, 0.717) is 6.42 Å². The van der Waals surface area contributed by atoms with Gasteiger partial charge < -0.3 is 14.8 Å². The molecule has 0 radical (unpaired) electrons. The second-order valence-electron chi connectivity index (χ2n) is 6.91. The van der Waals surface area contributed by atoms with Crippen LogP contribution in [0.5, 0.6) is 11.5 Å². The number of ether oxygens (including phenoxy) is 2. The van der Waals surface area contributed by atoms with Gasteiger partial charge in [0.1, 0.15) is 11.5 Å². The van der Waals surface area contributed by atoms with Crippen LogP contribution in [0.2, 0.25) is 0 Å². The van der Waals surface area contributed by atoms with Gasteiger partial charge in [-0.3, -0.25) is 4.79 Å². The number of nitrogens with one attached hydrogen (secondary N) is 1. The van der Waals surface area contributed by atoms with Gasteiger partial charge in [0.15, 0.2) is 6.10 Å². The topological polar surface area (TPSA) is 47.6 Å². The summed E-state index contributed by atoms with van der Waals surface area (Å²) in [4.78, 5) is 12.9. The van der Waals surface area contributed by atoms with E-state index in [2.05, 4.69) is 18.3 Å². The lowest BCUT2D eigenvalue weighted by Gasteiger charge is -2.24. The van der Waals surface area contributed by atoms with Crippen LogP contribution in [0.25, 0.3) is 0 Å². The van der Waals surface area contributed by atoms with Crippen molar-refractivity contribution in [3.63, 3.8) is 0 Å². The quantitative estimate of drug-likeness (QED) is 0.709. The Kier molecular flexibility index (Phi) is 7.28. The van der Waals surface area contributed by atoms with Crippen molar-refractivity contribution in [1.82, 2.24) is 5.32 Å².